The fourth-order valence-corrected chi connectivity index (χ4v) is 4.42. The molecule has 1 aliphatic carbocycles. The molecule has 0 atom stereocenters. The maximum Gasteiger partial charge on any atom is 0.223 e. The van der Waals surface area contributed by atoms with Gasteiger partial charge in [-0.05, 0) is 53.8 Å². The van der Waals surface area contributed by atoms with Crippen LogP contribution in [0.1, 0.15) is 37.7 Å². The van der Waals surface area contributed by atoms with Gasteiger partial charge < -0.3 is 5.32 Å². The molecule has 1 saturated carbocycles. The Morgan fingerprint density at radius 2 is 2.10 bits per heavy atom. The van der Waals surface area contributed by atoms with Crippen LogP contribution >= 0.6 is 27.3 Å². The highest BCUT2D eigenvalue weighted by Gasteiger charge is 2.20. The highest BCUT2D eigenvalue weighted by Crippen LogP contribution is 2.29. The molecule has 1 aromatic carbocycles. The number of fused-ring (bicyclic) bond motifs is 1. The second kappa shape index (κ2) is 6.93. The summed E-state index contributed by atoms with van der Waals surface area (Å²) in [7, 11) is 0. The lowest BCUT2D eigenvalue weighted by Crippen LogP contribution is -2.33. The molecule has 112 valence electrons. The van der Waals surface area contributed by atoms with Crippen LogP contribution in [0, 0.1) is 5.92 Å². The Morgan fingerprint density at radius 3 is 2.90 bits per heavy atom. The van der Waals surface area contributed by atoms with Gasteiger partial charge in [0.1, 0.15) is 0 Å². The minimum atomic E-state index is 0.257. The maximum absolute atomic E-state index is 12.1. The zero-order valence-corrected chi connectivity index (χ0v) is 14.4. The topological polar surface area (TPSA) is 29.1 Å². The molecular formula is C17H20BrNOS. The van der Waals surface area contributed by atoms with Crippen molar-refractivity contribution in [2.24, 2.45) is 5.92 Å². The van der Waals surface area contributed by atoms with E-state index in [2.05, 4.69) is 44.8 Å². The predicted molar refractivity (Wildman–Crippen MR) is 92.8 cm³/mol. The van der Waals surface area contributed by atoms with Crippen molar-refractivity contribution >= 4 is 43.3 Å². The van der Waals surface area contributed by atoms with E-state index in [9.17, 15) is 4.79 Å². The molecule has 0 unspecified atom stereocenters. The highest BCUT2D eigenvalue weighted by molar-refractivity contribution is 9.10. The molecule has 21 heavy (non-hydrogen) atoms. The summed E-state index contributed by atoms with van der Waals surface area (Å²) < 4.78 is 2.42. The SMILES string of the molecule is O=C(NCCc1csc2ccc(Br)cc12)C1CCCCC1. The molecule has 1 aliphatic rings. The molecule has 0 bridgehead atoms. The number of nitrogens with one attached hydrogen (secondary N) is 1. The van der Waals surface area contributed by atoms with E-state index in [1.807, 2.05) is 0 Å². The van der Waals surface area contributed by atoms with Gasteiger partial charge in [-0.15, -0.1) is 11.3 Å². The lowest BCUT2D eigenvalue weighted by Gasteiger charge is -2.20. The van der Waals surface area contributed by atoms with Gasteiger partial charge >= 0.3 is 0 Å². The van der Waals surface area contributed by atoms with Gasteiger partial charge in [-0.25, -0.2) is 0 Å². The number of halogens is 1. The Hall–Kier alpha value is -0.870. The van der Waals surface area contributed by atoms with Crippen molar-refractivity contribution in [1.82, 2.24) is 5.32 Å². The van der Waals surface area contributed by atoms with E-state index in [0.29, 0.717) is 0 Å². The first kappa shape index (κ1) is 15.0. The lowest BCUT2D eigenvalue weighted by atomic mass is 9.88. The van der Waals surface area contributed by atoms with Crippen LogP contribution in [0.25, 0.3) is 10.1 Å². The summed E-state index contributed by atoms with van der Waals surface area (Å²) in [6, 6.07) is 6.39. The van der Waals surface area contributed by atoms with Gasteiger partial charge in [-0.2, -0.15) is 0 Å². The van der Waals surface area contributed by atoms with Crippen LogP contribution in [-0.2, 0) is 11.2 Å². The minimum absolute atomic E-state index is 0.257. The van der Waals surface area contributed by atoms with Crippen molar-refractivity contribution in [2.75, 3.05) is 6.54 Å². The maximum atomic E-state index is 12.1. The van der Waals surface area contributed by atoms with E-state index in [1.165, 1.54) is 34.9 Å². The van der Waals surface area contributed by atoms with E-state index >= 15 is 0 Å². The van der Waals surface area contributed by atoms with Gasteiger partial charge in [0.25, 0.3) is 0 Å². The number of benzene rings is 1. The first-order valence-corrected chi connectivity index (χ1v) is 9.34. The molecule has 2 nitrogen and oxygen atoms in total. The fourth-order valence-electron chi connectivity index (χ4n) is 3.08. The number of rotatable bonds is 4. The molecule has 1 amide bonds. The average molecular weight is 366 g/mol. The minimum Gasteiger partial charge on any atom is -0.356 e. The third-order valence-electron chi connectivity index (χ3n) is 4.29. The molecular weight excluding hydrogens is 346 g/mol. The van der Waals surface area contributed by atoms with Crippen LogP contribution in [-0.4, -0.2) is 12.5 Å². The van der Waals surface area contributed by atoms with Crippen molar-refractivity contribution in [2.45, 2.75) is 38.5 Å². The van der Waals surface area contributed by atoms with Crippen molar-refractivity contribution < 1.29 is 4.79 Å². The zero-order chi connectivity index (χ0) is 14.7. The van der Waals surface area contributed by atoms with Crippen molar-refractivity contribution in [1.29, 1.82) is 0 Å². The van der Waals surface area contributed by atoms with Crippen LogP contribution in [0.5, 0.6) is 0 Å². The number of carbonyl (C=O) groups excluding carboxylic acids is 1. The molecule has 0 saturated heterocycles. The summed E-state index contributed by atoms with van der Waals surface area (Å²) in [4.78, 5) is 12.1. The summed E-state index contributed by atoms with van der Waals surface area (Å²) in [5.41, 5.74) is 1.33. The van der Waals surface area contributed by atoms with Gasteiger partial charge in [0.15, 0.2) is 0 Å². The molecule has 4 heteroatoms. The van der Waals surface area contributed by atoms with Crippen molar-refractivity contribution in [3.8, 4) is 0 Å². The zero-order valence-electron chi connectivity index (χ0n) is 12.0. The first-order valence-electron chi connectivity index (χ1n) is 7.67. The Balaban J connectivity index is 1.56. The van der Waals surface area contributed by atoms with E-state index < -0.39 is 0 Å². The first-order chi connectivity index (χ1) is 10.2. The highest BCUT2D eigenvalue weighted by atomic mass is 79.9. The molecule has 1 N–H and O–H groups in total. The number of amides is 1. The average Bonchev–Trinajstić information content (AvgIpc) is 2.90. The third kappa shape index (κ3) is 3.67. The predicted octanol–water partition coefficient (Wildman–Crippen LogP) is 4.90. The second-order valence-corrected chi connectivity index (χ2v) is 7.60. The summed E-state index contributed by atoms with van der Waals surface area (Å²) in [5.74, 6) is 0.516. The number of carbonyl (C=O) groups is 1. The molecule has 2 aromatic rings. The molecule has 3 rings (SSSR count). The third-order valence-corrected chi connectivity index (χ3v) is 5.79. The van der Waals surface area contributed by atoms with Gasteiger partial charge in [0, 0.05) is 21.6 Å². The summed E-state index contributed by atoms with van der Waals surface area (Å²) in [6.07, 6.45) is 6.76. The van der Waals surface area contributed by atoms with Gasteiger partial charge in [0.05, 0.1) is 0 Å². The molecule has 0 aliphatic heterocycles. The second-order valence-electron chi connectivity index (χ2n) is 5.78. The largest absolute Gasteiger partial charge is 0.356 e. The Labute approximate surface area is 138 Å². The van der Waals surface area contributed by atoms with E-state index in [-0.39, 0.29) is 11.8 Å². The Morgan fingerprint density at radius 1 is 1.29 bits per heavy atom. The fraction of sp³-hybridized carbons (Fsp3) is 0.471. The van der Waals surface area contributed by atoms with Crippen LogP contribution in [0.15, 0.2) is 28.1 Å². The molecule has 1 fully saturated rings. The van der Waals surface area contributed by atoms with Crippen LogP contribution in [0.3, 0.4) is 0 Å². The molecule has 0 radical (unpaired) electrons. The Kier molecular flexibility index (Phi) is 4.96. The van der Waals surface area contributed by atoms with E-state index in [0.717, 1.165) is 30.3 Å². The van der Waals surface area contributed by atoms with E-state index in [1.54, 1.807) is 11.3 Å². The summed E-state index contributed by atoms with van der Waals surface area (Å²) >= 11 is 5.31. The smallest absolute Gasteiger partial charge is 0.223 e. The van der Waals surface area contributed by atoms with Crippen LogP contribution in [0.2, 0.25) is 0 Å². The number of hydrogen-bond acceptors (Lipinski definition) is 2. The summed E-state index contributed by atoms with van der Waals surface area (Å²) in [5, 5.41) is 6.64. The normalized spacial score (nSPS) is 16.2. The van der Waals surface area contributed by atoms with Crippen molar-refractivity contribution in [3.05, 3.63) is 33.6 Å². The Bertz CT molecular complexity index is 631. The quantitative estimate of drug-likeness (QED) is 0.819. The number of thiophene rings is 1. The van der Waals surface area contributed by atoms with Crippen LogP contribution in [0.4, 0.5) is 0 Å². The molecule has 1 aromatic heterocycles. The van der Waals surface area contributed by atoms with Gasteiger partial charge in [0.2, 0.25) is 5.91 Å². The lowest BCUT2D eigenvalue weighted by molar-refractivity contribution is -0.125. The monoisotopic (exact) mass is 365 g/mol. The van der Waals surface area contributed by atoms with E-state index in [4.69, 9.17) is 0 Å². The van der Waals surface area contributed by atoms with Gasteiger partial charge in [-0.3, -0.25) is 4.79 Å². The molecule has 1 heterocycles. The molecule has 0 spiro atoms. The van der Waals surface area contributed by atoms with Crippen molar-refractivity contribution in [3.63, 3.8) is 0 Å². The van der Waals surface area contributed by atoms with Crippen LogP contribution < -0.4 is 5.32 Å². The standard InChI is InChI=1S/C17H20BrNOS/c18-14-6-7-16-15(10-14)13(11-21-16)8-9-19-17(20)12-4-2-1-3-5-12/h6-7,10-12H,1-5,8-9H2,(H,19,20). The number of hydrogen-bond donors (Lipinski definition) is 1. The van der Waals surface area contributed by atoms with Gasteiger partial charge in [-0.1, -0.05) is 35.2 Å². The summed E-state index contributed by atoms with van der Waals surface area (Å²) in [6.45, 7) is 0.744.